The van der Waals surface area contributed by atoms with Crippen LogP contribution >= 0.6 is 0 Å². The highest BCUT2D eigenvalue weighted by molar-refractivity contribution is 6.12. The minimum Gasteiger partial charge on any atom is -0.391 e. The first-order valence-corrected chi connectivity index (χ1v) is 4.40. The molecule has 1 aliphatic heterocycles. The van der Waals surface area contributed by atoms with Gasteiger partial charge in [0.05, 0.1) is 12.6 Å². The van der Waals surface area contributed by atoms with E-state index < -0.39 is 6.10 Å². The first-order valence-electron chi connectivity index (χ1n) is 4.40. The number of amides is 2. The lowest BCUT2D eigenvalue weighted by Crippen LogP contribution is -2.37. The first-order chi connectivity index (χ1) is 6.18. The lowest BCUT2D eigenvalue weighted by Gasteiger charge is -2.17. The average molecular weight is 181 g/mol. The van der Waals surface area contributed by atoms with Crippen LogP contribution in [0.25, 0.3) is 0 Å². The van der Waals surface area contributed by atoms with Crippen LogP contribution in [0.3, 0.4) is 0 Å². The van der Waals surface area contributed by atoms with E-state index in [2.05, 4.69) is 0 Å². The number of imide groups is 1. The fourth-order valence-electron chi connectivity index (χ4n) is 1.43. The van der Waals surface area contributed by atoms with Crippen molar-refractivity contribution >= 4 is 11.8 Å². The van der Waals surface area contributed by atoms with Crippen molar-refractivity contribution in [1.82, 2.24) is 4.90 Å². The highest BCUT2D eigenvalue weighted by Gasteiger charge is 2.34. The number of β-amino-alcohol motifs (C(OH)–C–C–N with tert-alkyl or cyclic N) is 1. The molecule has 1 heterocycles. The van der Waals surface area contributed by atoms with Gasteiger partial charge in [-0.2, -0.15) is 0 Å². The van der Waals surface area contributed by atoms with E-state index in [0.29, 0.717) is 5.92 Å². The number of hydrogen-bond acceptors (Lipinski definition) is 3. The van der Waals surface area contributed by atoms with E-state index in [1.54, 1.807) is 0 Å². The van der Waals surface area contributed by atoms with Crippen molar-refractivity contribution in [1.29, 1.82) is 0 Å². The SMILES string of the molecule is O=C1C=CC(=O)N1CC(O)C1CC1. The smallest absolute Gasteiger partial charge is 0.253 e. The van der Waals surface area contributed by atoms with Crippen LogP contribution in [-0.2, 0) is 9.59 Å². The molecule has 0 aromatic carbocycles. The topological polar surface area (TPSA) is 57.6 Å². The van der Waals surface area contributed by atoms with Crippen LogP contribution in [-0.4, -0.2) is 34.5 Å². The third kappa shape index (κ3) is 1.62. The standard InChI is InChI=1S/C9H11NO3/c11-7(6-1-2-6)5-10-8(12)3-4-9(10)13/h3-4,6-7,11H,1-2,5H2. The van der Waals surface area contributed by atoms with Crippen molar-refractivity contribution in [3.8, 4) is 0 Å². The minimum absolute atomic E-state index is 0.148. The Labute approximate surface area is 75.8 Å². The van der Waals surface area contributed by atoms with Gasteiger partial charge in [-0.25, -0.2) is 0 Å². The molecular formula is C9H11NO3. The molecule has 13 heavy (non-hydrogen) atoms. The predicted molar refractivity (Wildman–Crippen MR) is 44.6 cm³/mol. The molecule has 2 amide bonds. The first kappa shape index (κ1) is 8.44. The molecule has 1 atom stereocenters. The molecule has 2 rings (SSSR count). The molecule has 0 saturated heterocycles. The van der Waals surface area contributed by atoms with Crippen molar-refractivity contribution in [3.63, 3.8) is 0 Å². The third-order valence-electron chi connectivity index (χ3n) is 2.44. The summed E-state index contributed by atoms with van der Waals surface area (Å²) < 4.78 is 0. The van der Waals surface area contributed by atoms with E-state index in [9.17, 15) is 14.7 Å². The molecule has 0 aromatic heterocycles. The molecule has 1 N–H and O–H groups in total. The number of aliphatic hydroxyl groups excluding tert-OH is 1. The molecule has 1 unspecified atom stereocenters. The van der Waals surface area contributed by atoms with E-state index in [1.165, 1.54) is 12.2 Å². The van der Waals surface area contributed by atoms with Gasteiger partial charge in [-0.3, -0.25) is 14.5 Å². The quantitative estimate of drug-likeness (QED) is 0.607. The molecule has 4 nitrogen and oxygen atoms in total. The second kappa shape index (κ2) is 2.96. The maximum Gasteiger partial charge on any atom is 0.253 e. The number of carbonyl (C=O) groups excluding carboxylic acids is 2. The van der Waals surface area contributed by atoms with Crippen LogP contribution in [0.4, 0.5) is 0 Å². The molecule has 2 aliphatic rings. The lowest BCUT2D eigenvalue weighted by atomic mass is 10.2. The maximum atomic E-state index is 11.1. The maximum absolute atomic E-state index is 11.1. The van der Waals surface area contributed by atoms with Gasteiger partial charge in [-0.1, -0.05) is 0 Å². The summed E-state index contributed by atoms with van der Waals surface area (Å²) in [4.78, 5) is 23.2. The Bertz CT molecular complexity index is 263. The van der Waals surface area contributed by atoms with Crippen molar-refractivity contribution in [3.05, 3.63) is 12.2 Å². The predicted octanol–water partition coefficient (Wildman–Crippen LogP) is -0.318. The number of rotatable bonds is 3. The zero-order valence-corrected chi connectivity index (χ0v) is 7.14. The van der Waals surface area contributed by atoms with E-state index in [0.717, 1.165) is 17.7 Å². The summed E-state index contributed by atoms with van der Waals surface area (Å²) in [6.45, 7) is 0.148. The number of hydrogen-bond donors (Lipinski definition) is 1. The van der Waals surface area contributed by atoms with E-state index in [-0.39, 0.29) is 18.4 Å². The fourth-order valence-corrected chi connectivity index (χ4v) is 1.43. The highest BCUT2D eigenvalue weighted by Crippen LogP contribution is 2.33. The summed E-state index contributed by atoms with van der Waals surface area (Å²) in [6.07, 6.45) is 3.95. The van der Waals surface area contributed by atoms with Crippen LogP contribution in [0.5, 0.6) is 0 Å². The summed E-state index contributed by atoms with van der Waals surface area (Å²) in [7, 11) is 0. The number of carbonyl (C=O) groups is 2. The summed E-state index contributed by atoms with van der Waals surface area (Å²) in [5.74, 6) is -0.337. The van der Waals surface area contributed by atoms with Crippen molar-refractivity contribution in [2.75, 3.05) is 6.54 Å². The molecule has 70 valence electrons. The van der Waals surface area contributed by atoms with E-state index in [1.807, 2.05) is 0 Å². The third-order valence-corrected chi connectivity index (χ3v) is 2.44. The van der Waals surface area contributed by atoms with Crippen molar-refractivity contribution in [2.24, 2.45) is 5.92 Å². The molecule has 0 bridgehead atoms. The summed E-state index contributed by atoms with van der Waals surface area (Å²) in [5.41, 5.74) is 0. The highest BCUT2D eigenvalue weighted by atomic mass is 16.3. The van der Waals surface area contributed by atoms with Gasteiger partial charge in [-0.15, -0.1) is 0 Å². The van der Waals surface area contributed by atoms with Gasteiger partial charge >= 0.3 is 0 Å². The van der Waals surface area contributed by atoms with Gasteiger partial charge in [0.1, 0.15) is 0 Å². The Morgan fingerprint density at radius 3 is 2.38 bits per heavy atom. The minimum atomic E-state index is -0.534. The molecular weight excluding hydrogens is 170 g/mol. The monoisotopic (exact) mass is 181 g/mol. The van der Waals surface area contributed by atoms with Crippen LogP contribution < -0.4 is 0 Å². The van der Waals surface area contributed by atoms with E-state index in [4.69, 9.17) is 0 Å². The van der Waals surface area contributed by atoms with Gasteiger partial charge < -0.3 is 5.11 Å². The Morgan fingerprint density at radius 2 is 1.92 bits per heavy atom. The molecule has 0 aromatic rings. The van der Waals surface area contributed by atoms with Gasteiger partial charge in [0.25, 0.3) is 11.8 Å². The second-order valence-corrected chi connectivity index (χ2v) is 3.53. The largest absolute Gasteiger partial charge is 0.391 e. The molecule has 1 fully saturated rings. The molecule has 4 heteroatoms. The fraction of sp³-hybridized carbons (Fsp3) is 0.556. The lowest BCUT2D eigenvalue weighted by molar-refractivity contribution is -0.138. The zero-order valence-electron chi connectivity index (χ0n) is 7.14. The summed E-state index contributed by atoms with van der Waals surface area (Å²) >= 11 is 0. The molecule has 1 saturated carbocycles. The van der Waals surface area contributed by atoms with Crippen molar-refractivity contribution in [2.45, 2.75) is 18.9 Å². The number of aliphatic hydroxyl groups is 1. The van der Waals surface area contributed by atoms with Crippen LogP contribution in [0.1, 0.15) is 12.8 Å². The van der Waals surface area contributed by atoms with Gasteiger partial charge in [0.15, 0.2) is 0 Å². The van der Waals surface area contributed by atoms with E-state index >= 15 is 0 Å². The van der Waals surface area contributed by atoms with Crippen molar-refractivity contribution < 1.29 is 14.7 Å². The summed E-state index contributed by atoms with van der Waals surface area (Å²) in [5, 5.41) is 9.51. The Morgan fingerprint density at radius 1 is 1.38 bits per heavy atom. The summed E-state index contributed by atoms with van der Waals surface area (Å²) in [6, 6.07) is 0. The van der Waals surface area contributed by atoms with Crippen LogP contribution in [0, 0.1) is 5.92 Å². The normalized spacial score (nSPS) is 24.2. The Hall–Kier alpha value is -1.16. The second-order valence-electron chi connectivity index (χ2n) is 3.53. The van der Waals surface area contributed by atoms with Gasteiger partial charge in [0.2, 0.25) is 0 Å². The van der Waals surface area contributed by atoms with Crippen LogP contribution in [0.2, 0.25) is 0 Å². The Kier molecular flexibility index (Phi) is 1.92. The zero-order chi connectivity index (χ0) is 9.42. The Balaban J connectivity index is 1.93. The van der Waals surface area contributed by atoms with Crippen LogP contribution in [0.15, 0.2) is 12.2 Å². The molecule has 1 aliphatic carbocycles. The van der Waals surface area contributed by atoms with Gasteiger partial charge in [-0.05, 0) is 18.8 Å². The van der Waals surface area contributed by atoms with Gasteiger partial charge in [0, 0.05) is 12.2 Å². The molecule has 0 radical (unpaired) electrons. The molecule has 0 spiro atoms. The average Bonchev–Trinajstić information content (AvgIpc) is 2.88. The number of nitrogens with zero attached hydrogens (tertiary/aromatic N) is 1.